The lowest BCUT2D eigenvalue weighted by molar-refractivity contribution is -0.137. The van der Waals surface area contributed by atoms with Crippen molar-refractivity contribution >= 4 is 5.97 Å². The number of hydrogen-bond acceptors (Lipinski definition) is 3. The zero-order valence-corrected chi connectivity index (χ0v) is 9.35. The normalized spacial score (nSPS) is 12.1. The second kappa shape index (κ2) is 6.12. The number of ether oxygens (including phenoxy) is 1. The average molecular weight is 223 g/mol. The van der Waals surface area contributed by atoms with E-state index in [0.717, 1.165) is 11.3 Å². The molecule has 1 rings (SSSR count). The molecule has 0 aliphatic heterocycles. The minimum Gasteiger partial charge on any atom is -0.494 e. The van der Waals surface area contributed by atoms with Crippen molar-refractivity contribution in [2.45, 2.75) is 25.8 Å². The molecule has 0 radical (unpaired) electrons. The highest BCUT2D eigenvalue weighted by Crippen LogP contribution is 2.19. The van der Waals surface area contributed by atoms with E-state index in [-0.39, 0.29) is 12.5 Å². The number of carboxylic acids is 1. The number of para-hydroxylation sites is 1. The van der Waals surface area contributed by atoms with Crippen LogP contribution in [0.15, 0.2) is 24.3 Å². The minimum atomic E-state index is -0.874. The Balaban J connectivity index is 2.68. The predicted molar refractivity (Wildman–Crippen MR) is 61.5 cm³/mol. The summed E-state index contributed by atoms with van der Waals surface area (Å²) in [4.78, 5) is 10.5. The molecule has 0 heterocycles. The first-order valence-electron chi connectivity index (χ1n) is 5.31. The zero-order chi connectivity index (χ0) is 12.0. The first-order valence-corrected chi connectivity index (χ1v) is 5.31. The van der Waals surface area contributed by atoms with Crippen LogP contribution in [-0.4, -0.2) is 23.7 Å². The third kappa shape index (κ3) is 3.90. The molecule has 0 aliphatic rings. The van der Waals surface area contributed by atoms with Crippen LogP contribution >= 0.6 is 0 Å². The van der Waals surface area contributed by atoms with Crippen molar-refractivity contribution in [2.24, 2.45) is 5.73 Å². The van der Waals surface area contributed by atoms with Gasteiger partial charge in [-0.25, -0.2) is 0 Å². The number of hydrogen-bond donors (Lipinski definition) is 2. The molecule has 0 saturated heterocycles. The zero-order valence-electron chi connectivity index (χ0n) is 9.35. The van der Waals surface area contributed by atoms with Crippen LogP contribution in [-0.2, 0) is 11.2 Å². The van der Waals surface area contributed by atoms with E-state index in [4.69, 9.17) is 15.6 Å². The van der Waals surface area contributed by atoms with E-state index < -0.39 is 5.97 Å². The van der Waals surface area contributed by atoms with Crippen LogP contribution < -0.4 is 10.5 Å². The number of carboxylic acid groups (broad SMARTS) is 1. The van der Waals surface area contributed by atoms with E-state index in [1.807, 2.05) is 31.2 Å². The van der Waals surface area contributed by atoms with Gasteiger partial charge in [-0.1, -0.05) is 18.2 Å². The van der Waals surface area contributed by atoms with E-state index in [2.05, 4.69) is 0 Å². The number of carbonyl (C=O) groups is 1. The summed E-state index contributed by atoms with van der Waals surface area (Å²) in [5.41, 5.74) is 6.69. The summed E-state index contributed by atoms with van der Waals surface area (Å²) < 4.78 is 5.44. The van der Waals surface area contributed by atoms with Gasteiger partial charge in [-0.3, -0.25) is 4.79 Å². The molecule has 1 aromatic rings. The van der Waals surface area contributed by atoms with Crippen LogP contribution in [0.2, 0.25) is 0 Å². The second-order valence-corrected chi connectivity index (χ2v) is 3.60. The molecule has 4 heteroatoms. The molecule has 1 aromatic carbocycles. The Hall–Kier alpha value is -1.55. The van der Waals surface area contributed by atoms with Crippen molar-refractivity contribution in [1.29, 1.82) is 0 Å². The van der Waals surface area contributed by atoms with Crippen molar-refractivity contribution in [3.8, 4) is 5.75 Å². The SMILES string of the molecule is CCOc1ccccc1CC(N)CC(=O)O. The Morgan fingerprint density at radius 3 is 2.81 bits per heavy atom. The molecule has 3 N–H and O–H groups in total. The Kier molecular flexibility index (Phi) is 4.79. The van der Waals surface area contributed by atoms with Gasteiger partial charge in [0.2, 0.25) is 0 Å². The quantitative estimate of drug-likeness (QED) is 0.765. The fourth-order valence-electron chi connectivity index (χ4n) is 1.55. The molecule has 0 bridgehead atoms. The van der Waals surface area contributed by atoms with Gasteiger partial charge in [0.1, 0.15) is 5.75 Å². The Morgan fingerprint density at radius 1 is 1.50 bits per heavy atom. The minimum absolute atomic E-state index is 0.0273. The van der Waals surface area contributed by atoms with Gasteiger partial charge >= 0.3 is 5.97 Å². The number of rotatable bonds is 6. The van der Waals surface area contributed by atoms with Crippen LogP contribution in [0.4, 0.5) is 0 Å². The molecule has 0 aromatic heterocycles. The largest absolute Gasteiger partial charge is 0.494 e. The maximum absolute atomic E-state index is 10.5. The van der Waals surface area contributed by atoms with Gasteiger partial charge in [0, 0.05) is 6.04 Å². The molecule has 88 valence electrons. The van der Waals surface area contributed by atoms with Gasteiger partial charge in [-0.15, -0.1) is 0 Å². The van der Waals surface area contributed by atoms with E-state index in [0.29, 0.717) is 13.0 Å². The summed E-state index contributed by atoms with van der Waals surface area (Å²) in [6.45, 7) is 2.50. The lowest BCUT2D eigenvalue weighted by Gasteiger charge is -2.13. The van der Waals surface area contributed by atoms with Crippen molar-refractivity contribution in [2.75, 3.05) is 6.61 Å². The molecule has 16 heavy (non-hydrogen) atoms. The maximum Gasteiger partial charge on any atom is 0.304 e. The molecule has 0 fully saturated rings. The number of aliphatic carboxylic acids is 1. The Bertz CT molecular complexity index is 352. The Morgan fingerprint density at radius 2 is 2.19 bits per heavy atom. The van der Waals surface area contributed by atoms with Crippen LogP contribution in [0.3, 0.4) is 0 Å². The summed E-state index contributed by atoms with van der Waals surface area (Å²) >= 11 is 0. The average Bonchev–Trinajstić information content (AvgIpc) is 2.20. The summed E-state index contributed by atoms with van der Waals surface area (Å²) in [6.07, 6.45) is 0.489. The molecular formula is C12H17NO3. The molecule has 1 unspecified atom stereocenters. The topological polar surface area (TPSA) is 72.5 Å². The van der Waals surface area contributed by atoms with Gasteiger partial charge < -0.3 is 15.6 Å². The van der Waals surface area contributed by atoms with E-state index in [9.17, 15) is 4.79 Å². The van der Waals surface area contributed by atoms with Crippen molar-refractivity contribution in [3.05, 3.63) is 29.8 Å². The lowest BCUT2D eigenvalue weighted by Crippen LogP contribution is -2.26. The smallest absolute Gasteiger partial charge is 0.304 e. The first kappa shape index (κ1) is 12.5. The lowest BCUT2D eigenvalue weighted by atomic mass is 10.0. The fourth-order valence-corrected chi connectivity index (χ4v) is 1.55. The standard InChI is InChI=1S/C12H17NO3/c1-2-16-11-6-4-3-5-9(11)7-10(13)8-12(14)15/h3-6,10H,2,7-8,13H2,1H3,(H,14,15). The molecule has 0 saturated carbocycles. The summed E-state index contributed by atoms with van der Waals surface area (Å²) in [7, 11) is 0. The summed E-state index contributed by atoms with van der Waals surface area (Å²) in [5, 5.41) is 8.62. The number of benzene rings is 1. The monoisotopic (exact) mass is 223 g/mol. The van der Waals surface area contributed by atoms with E-state index in [1.165, 1.54) is 0 Å². The first-order chi connectivity index (χ1) is 7.63. The van der Waals surface area contributed by atoms with Crippen molar-refractivity contribution in [1.82, 2.24) is 0 Å². The molecule has 4 nitrogen and oxygen atoms in total. The van der Waals surface area contributed by atoms with Gasteiger partial charge in [-0.05, 0) is 25.0 Å². The summed E-state index contributed by atoms with van der Waals surface area (Å²) in [6, 6.07) is 7.18. The third-order valence-corrected chi connectivity index (χ3v) is 2.19. The molecule has 1 atom stereocenters. The Labute approximate surface area is 95.0 Å². The molecule has 0 spiro atoms. The highest BCUT2D eigenvalue weighted by Gasteiger charge is 2.11. The van der Waals surface area contributed by atoms with E-state index in [1.54, 1.807) is 0 Å². The maximum atomic E-state index is 10.5. The van der Waals surface area contributed by atoms with Crippen molar-refractivity contribution in [3.63, 3.8) is 0 Å². The van der Waals surface area contributed by atoms with Gasteiger partial charge in [0.15, 0.2) is 0 Å². The van der Waals surface area contributed by atoms with E-state index >= 15 is 0 Å². The van der Waals surface area contributed by atoms with Gasteiger partial charge in [-0.2, -0.15) is 0 Å². The molecule has 0 amide bonds. The van der Waals surface area contributed by atoms with Crippen LogP contribution in [0.25, 0.3) is 0 Å². The van der Waals surface area contributed by atoms with Crippen LogP contribution in [0, 0.1) is 0 Å². The van der Waals surface area contributed by atoms with Gasteiger partial charge in [0.05, 0.1) is 13.0 Å². The van der Waals surface area contributed by atoms with Gasteiger partial charge in [0.25, 0.3) is 0 Å². The van der Waals surface area contributed by atoms with Crippen LogP contribution in [0.5, 0.6) is 5.75 Å². The molecule has 0 aliphatic carbocycles. The predicted octanol–water partition coefficient (Wildman–Crippen LogP) is 1.43. The summed E-state index contributed by atoms with van der Waals surface area (Å²) in [5.74, 6) is -0.0905. The fraction of sp³-hybridized carbons (Fsp3) is 0.417. The molecular weight excluding hydrogens is 206 g/mol. The third-order valence-electron chi connectivity index (χ3n) is 2.19. The number of nitrogens with two attached hydrogens (primary N) is 1. The highest BCUT2D eigenvalue weighted by molar-refractivity contribution is 5.67. The second-order valence-electron chi connectivity index (χ2n) is 3.60. The van der Waals surface area contributed by atoms with Crippen molar-refractivity contribution < 1.29 is 14.6 Å². The highest BCUT2D eigenvalue weighted by atomic mass is 16.5. The van der Waals surface area contributed by atoms with Crippen LogP contribution in [0.1, 0.15) is 18.9 Å².